The van der Waals surface area contributed by atoms with Crippen molar-refractivity contribution in [1.29, 1.82) is 0 Å². The number of carbonyl (C=O) groups is 1. The number of benzene rings is 1. The van der Waals surface area contributed by atoms with Crippen molar-refractivity contribution in [3.05, 3.63) is 24.3 Å². The standard InChI is InChI=1S/C9H12N2O3/c1-13-7-4-2-3-5-8(7)14-6-9(12)11-10/h2-5H,6,10H2,1H3,(H,11,12). The minimum atomic E-state index is -0.393. The lowest BCUT2D eigenvalue weighted by Gasteiger charge is -2.08. The number of hydrogen-bond acceptors (Lipinski definition) is 4. The molecule has 1 amide bonds. The molecule has 5 nitrogen and oxygen atoms in total. The van der Waals surface area contributed by atoms with Gasteiger partial charge in [0.1, 0.15) is 0 Å². The van der Waals surface area contributed by atoms with E-state index in [9.17, 15) is 4.79 Å². The minimum absolute atomic E-state index is 0.128. The summed E-state index contributed by atoms with van der Waals surface area (Å²) in [6, 6.07) is 7.06. The Morgan fingerprint density at radius 3 is 2.64 bits per heavy atom. The molecule has 1 rings (SSSR count). The molecule has 0 fully saturated rings. The lowest BCUT2D eigenvalue weighted by Crippen LogP contribution is -2.34. The Labute approximate surface area is 81.8 Å². The number of nitrogens with one attached hydrogen (secondary N) is 1. The van der Waals surface area contributed by atoms with Gasteiger partial charge in [0.25, 0.3) is 5.91 Å². The highest BCUT2D eigenvalue weighted by Gasteiger charge is 2.04. The van der Waals surface area contributed by atoms with Gasteiger partial charge < -0.3 is 9.47 Å². The Kier molecular flexibility index (Phi) is 3.75. The molecule has 0 unspecified atom stereocenters. The van der Waals surface area contributed by atoms with E-state index in [0.29, 0.717) is 11.5 Å². The number of methoxy groups -OCH3 is 1. The van der Waals surface area contributed by atoms with Crippen LogP contribution in [0.25, 0.3) is 0 Å². The van der Waals surface area contributed by atoms with Gasteiger partial charge in [-0.2, -0.15) is 0 Å². The van der Waals surface area contributed by atoms with E-state index < -0.39 is 5.91 Å². The molecule has 76 valence electrons. The van der Waals surface area contributed by atoms with Crippen LogP contribution >= 0.6 is 0 Å². The fourth-order valence-corrected chi connectivity index (χ4v) is 0.923. The molecule has 1 aromatic carbocycles. The van der Waals surface area contributed by atoms with Crippen LogP contribution in [0.15, 0.2) is 24.3 Å². The number of hydrogen-bond donors (Lipinski definition) is 2. The van der Waals surface area contributed by atoms with Crippen LogP contribution < -0.4 is 20.7 Å². The van der Waals surface area contributed by atoms with Crippen LogP contribution in [0.3, 0.4) is 0 Å². The van der Waals surface area contributed by atoms with Gasteiger partial charge in [-0.25, -0.2) is 5.84 Å². The summed E-state index contributed by atoms with van der Waals surface area (Å²) in [5.74, 6) is 5.60. The maximum atomic E-state index is 10.8. The Bertz CT molecular complexity index is 315. The fraction of sp³-hybridized carbons (Fsp3) is 0.222. The third kappa shape index (κ3) is 2.63. The molecule has 0 heterocycles. The molecule has 3 N–H and O–H groups in total. The molecule has 0 saturated heterocycles. The second-order valence-corrected chi connectivity index (χ2v) is 2.51. The van der Waals surface area contributed by atoms with Crippen LogP contribution in [0.4, 0.5) is 0 Å². The average Bonchev–Trinajstić information content (AvgIpc) is 2.26. The van der Waals surface area contributed by atoms with Gasteiger partial charge in [0.05, 0.1) is 7.11 Å². The first-order valence-electron chi connectivity index (χ1n) is 4.03. The summed E-state index contributed by atoms with van der Waals surface area (Å²) in [6.07, 6.45) is 0. The normalized spacial score (nSPS) is 9.29. The van der Waals surface area contributed by atoms with Crippen molar-refractivity contribution in [2.45, 2.75) is 0 Å². The van der Waals surface area contributed by atoms with Crippen LogP contribution in [-0.2, 0) is 4.79 Å². The summed E-state index contributed by atoms with van der Waals surface area (Å²) in [5.41, 5.74) is 1.97. The van der Waals surface area contributed by atoms with Crippen LogP contribution in [0.5, 0.6) is 11.5 Å². The molecule has 0 aliphatic rings. The second-order valence-electron chi connectivity index (χ2n) is 2.51. The molecule has 0 bridgehead atoms. The molecule has 0 aliphatic carbocycles. The molecule has 5 heteroatoms. The van der Waals surface area contributed by atoms with Crippen LogP contribution in [0.1, 0.15) is 0 Å². The van der Waals surface area contributed by atoms with Gasteiger partial charge in [-0.1, -0.05) is 12.1 Å². The van der Waals surface area contributed by atoms with Crippen molar-refractivity contribution in [3.8, 4) is 11.5 Å². The van der Waals surface area contributed by atoms with Crippen molar-refractivity contribution < 1.29 is 14.3 Å². The van der Waals surface area contributed by atoms with Gasteiger partial charge in [0, 0.05) is 0 Å². The van der Waals surface area contributed by atoms with E-state index in [-0.39, 0.29) is 6.61 Å². The van der Waals surface area contributed by atoms with Gasteiger partial charge in [-0.15, -0.1) is 0 Å². The van der Waals surface area contributed by atoms with Crippen LogP contribution in [-0.4, -0.2) is 19.6 Å². The predicted octanol–water partition coefficient (Wildman–Crippen LogP) is 0.0639. The Hall–Kier alpha value is -1.75. The van der Waals surface area contributed by atoms with E-state index >= 15 is 0 Å². The van der Waals surface area contributed by atoms with E-state index in [4.69, 9.17) is 15.3 Å². The highest BCUT2D eigenvalue weighted by atomic mass is 16.5. The first kappa shape index (κ1) is 10.3. The van der Waals surface area contributed by atoms with E-state index in [2.05, 4.69) is 0 Å². The van der Waals surface area contributed by atoms with Gasteiger partial charge in [-0.3, -0.25) is 10.2 Å². The highest BCUT2D eigenvalue weighted by molar-refractivity contribution is 5.76. The first-order chi connectivity index (χ1) is 6.77. The third-order valence-electron chi connectivity index (χ3n) is 1.59. The molecule has 1 aromatic rings. The molecule has 0 radical (unpaired) electrons. The largest absolute Gasteiger partial charge is 0.493 e. The van der Waals surface area contributed by atoms with Crippen molar-refractivity contribution in [1.82, 2.24) is 5.43 Å². The molecular weight excluding hydrogens is 184 g/mol. The Balaban J connectivity index is 2.61. The number of rotatable bonds is 4. The smallest absolute Gasteiger partial charge is 0.271 e. The van der Waals surface area contributed by atoms with Gasteiger partial charge in [0.2, 0.25) is 0 Å². The van der Waals surface area contributed by atoms with Crippen molar-refractivity contribution in [3.63, 3.8) is 0 Å². The summed E-state index contributed by atoms with van der Waals surface area (Å²) in [5, 5.41) is 0. The zero-order valence-electron chi connectivity index (χ0n) is 7.82. The summed E-state index contributed by atoms with van der Waals surface area (Å²) < 4.78 is 10.2. The number of para-hydroxylation sites is 2. The second kappa shape index (κ2) is 5.08. The van der Waals surface area contributed by atoms with Gasteiger partial charge in [0.15, 0.2) is 18.1 Å². The Morgan fingerprint density at radius 2 is 2.07 bits per heavy atom. The Morgan fingerprint density at radius 1 is 1.43 bits per heavy atom. The van der Waals surface area contributed by atoms with Crippen molar-refractivity contribution in [2.24, 2.45) is 5.84 Å². The van der Waals surface area contributed by atoms with E-state index in [1.165, 1.54) is 7.11 Å². The summed E-state index contributed by atoms with van der Waals surface area (Å²) in [7, 11) is 1.53. The predicted molar refractivity (Wildman–Crippen MR) is 50.8 cm³/mol. The van der Waals surface area contributed by atoms with Gasteiger partial charge >= 0.3 is 0 Å². The number of carbonyl (C=O) groups excluding carboxylic acids is 1. The van der Waals surface area contributed by atoms with Crippen LogP contribution in [0.2, 0.25) is 0 Å². The van der Waals surface area contributed by atoms with Crippen LogP contribution in [0, 0.1) is 0 Å². The highest BCUT2D eigenvalue weighted by Crippen LogP contribution is 2.25. The monoisotopic (exact) mass is 196 g/mol. The molecule has 0 atom stereocenters. The third-order valence-corrected chi connectivity index (χ3v) is 1.59. The molecule has 0 spiro atoms. The molecule has 14 heavy (non-hydrogen) atoms. The average molecular weight is 196 g/mol. The van der Waals surface area contributed by atoms with E-state index in [1.54, 1.807) is 18.2 Å². The fourth-order valence-electron chi connectivity index (χ4n) is 0.923. The first-order valence-corrected chi connectivity index (χ1v) is 4.03. The number of amides is 1. The zero-order valence-corrected chi connectivity index (χ0v) is 7.82. The number of hydrazine groups is 1. The molecular formula is C9H12N2O3. The minimum Gasteiger partial charge on any atom is -0.493 e. The SMILES string of the molecule is COc1ccccc1OCC(=O)NN. The quantitative estimate of drug-likeness (QED) is 0.406. The maximum Gasteiger partial charge on any atom is 0.271 e. The van der Waals surface area contributed by atoms with Crippen molar-refractivity contribution >= 4 is 5.91 Å². The molecule has 0 aromatic heterocycles. The zero-order chi connectivity index (χ0) is 10.4. The topological polar surface area (TPSA) is 73.6 Å². The van der Waals surface area contributed by atoms with E-state index in [0.717, 1.165) is 0 Å². The maximum absolute atomic E-state index is 10.8. The molecule has 0 aliphatic heterocycles. The lowest BCUT2D eigenvalue weighted by molar-refractivity contribution is -0.123. The lowest BCUT2D eigenvalue weighted by atomic mass is 10.3. The summed E-state index contributed by atoms with van der Waals surface area (Å²) in [4.78, 5) is 10.8. The number of ether oxygens (including phenoxy) is 2. The molecule has 0 saturated carbocycles. The van der Waals surface area contributed by atoms with Crippen molar-refractivity contribution in [2.75, 3.05) is 13.7 Å². The summed E-state index contributed by atoms with van der Waals surface area (Å²) in [6.45, 7) is -0.128. The van der Waals surface area contributed by atoms with E-state index in [1.807, 2.05) is 11.5 Å². The van der Waals surface area contributed by atoms with Gasteiger partial charge in [-0.05, 0) is 12.1 Å². The number of nitrogens with two attached hydrogens (primary N) is 1. The summed E-state index contributed by atoms with van der Waals surface area (Å²) >= 11 is 0.